The van der Waals surface area contributed by atoms with Crippen molar-refractivity contribution in [2.45, 2.75) is 83.5 Å². The Balaban J connectivity index is 1.54. The Morgan fingerprint density at radius 1 is 1.04 bits per heavy atom. The van der Waals surface area contributed by atoms with Crippen LogP contribution in [0.5, 0.6) is 5.75 Å². The molecule has 18 nitrogen and oxygen atoms in total. The molecule has 6 atom stereocenters. The highest BCUT2D eigenvalue weighted by molar-refractivity contribution is 7.52. The monoisotopic (exact) mass is 797 g/mol. The second kappa shape index (κ2) is 18.4. The fourth-order valence-electron chi connectivity index (χ4n) is 5.74. The molecule has 0 radical (unpaired) electrons. The van der Waals surface area contributed by atoms with E-state index in [9.17, 15) is 24.2 Å². The predicted molar refractivity (Wildman–Crippen MR) is 200 cm³/mol. The summed E-state index contributed by atoms with van der Waals surface area (Å²) in [5, 5.41) is 18.0. The number of aliphatic imine (C=N–C) groups is 1. The molecular weight excluding hydrogens is 749 g/mol. The molecule has 2 saturated heterocycles. The largest absolute Gasteiger partial charge is 0.461 e. The lowest BCUT2D eigenvalue weighted by Crippen LogP contribution is -2.50. The Kier molecular flexibility index (Phi) is 13.8. The maximum atomic E-state index is 14.6. The fourth-order valence-corrected chi connectivity index (χ4v) is 7.26. The maximum Gasteiger partial charge on any atom is 0.459 e. The van der Waals surface area contributed by atoms with E-state index in [0.29, 0.717) is 43.1 Å². The number of fused-ring (bicyclic) bond motifs is 1. The summed E-state index contributed by atoms with van der Waals surface area (Å²) < 4.78 is 57.3. The molecule has 0 saturated carbocycles. The van der Waals surface area contributed by atoms with E-state index < -0.39 is 80.2 Å². The van der Waals surface area contributed by atoms with Crippen LogP contribution < -0.4 is 9.61 Å². The standard InChI is InChI=1S/C37H48N7O11P/c1-23(2)34(45)52-31-30(28-13-14-29-33(40-22-43(6)7)39-21-41-44(28)29)54-37(19-38,32(31)53-35(46)24(3)4)20-50-56(48,55-27-11-9-8-10-12-27)42-25(5)36(47)51-26-15-17-49-18-16-26/h8-14,21-26,30-32H,15-18,20H2,1-7H3,(H,42,48)/t25?,30-,31-,32-,37+,56?/m0/s1. The van der Waals surface area contributed by atoms with Crippen molar-refractivity contribution in [3.63, 3.8) is 0 Å². The van der Waals surface area contributed by atoms with E-state index in [1.54, 1.807) is 83.4 Å². The number of nitrogens with one attached hydrogen (secondary N) is 1. The zero-order chi connectivity index (χ0) is 40.6. The highest BCUT2D eigenvalue weighted by Crippen LogP contribution is 2.50. The van der Waals surface area contributed by atoms with Crippen LogP contribution in [0.2, 0.25) is 0 Å². The molecule has 19 heteroatoms. The van der Waals surface area contributed by atoms with Crippen molar-refractivity contribution < 1.29 is 51.7 Å². The van der Waals surface area contributed by atoms with Crippen LogP contribution in [0.15, 0.2) is 53.8 Å². The SMILES string of the molecule is CC(C)C(=O)O[C@H]1[C@H](c2ccc3c(N=CN(C)C)ncnn23)O[C@](C#N)(COP(=O)(NC(C)C(=O)OC2CCOCC2)Oc2ccccc2)[C@H]1OC(=O)C(C)C. The lowest BCUT2D eigenvalue weighted by molar-refractivity contribution is -0.173. The molecule has 4 heterocycles. The van der Waals surface area contributed by atoms with Crippen LogP contribution in [0.25, 0.3) is 5.52 Å². The van der Waals surface area contributed by atoms with Gasteiger partial charge in [0.1, 0.15) is 48.5 Å². The van der Waals surface area contributed by atoms with E-state index in [-0.39, 0.29) is 5.75 Å². The van der Waals surface area contributed by atoms with Gasteiger partial charge in [-0.25, -0.2) is 19.1 Å². The molecule has 0 amide bonds. The topological polar surface area (TPSA) is 214 Å². The van der Waals surface area contributed by atoms with Gasteiger partial charge in [0.15, 0.2) is 18.0 Å². The number of hydrogen-bond acceptors (Lipinski definition) is 15. The number of nitriles is 1. The summed E-state index contributed by atoms with van der Waals surface area (Å²) in [7, 11) is -1.00. The van der Waals surface area contributed by atoms with Crippen molar-refractivity contribution in [1.29, 1.82) is 5.26 Å². The summed E-state index contributed by atoms with van der Waals surface area (Å²) in [6.45, 7) is 7.86. The van der Waals surface area contributed by atoms with Crippen LogP contribution in [0.1, 0.15) is 59.3 Å². The van der Waals surface area contributed by atoms with Crippen molar-refractivity contribution in [2.75, 3.05) is 33.9 Å². The van der Waals surface area contributed by atoms with E-state index >= 15 is 0 Å². The molecule has 1 aromatic carbocycles. The van der Waals surface area contributed by atoms with Gasteiger partial charge in [0.25, 0.3) is 0 Å². The Morgan fingerprint density at radius 2 is 1.71 bits per heavy atom. The number of carbonyl (C=O) groups is 3. The quantitative estimate of drug-likeness (QED) is 0.0702. The number of aromatic nitrogens is 3. The molecule has 2 aliphatic rings. The van der Waals surface area contributed by atoms with Gasteiger partial charge in [-0.15, -0.1) is 0 Å². The summed E-state index contributed by atoms with van der Waals surface area (Å²) in [4.78, 5) is 50.2. The molecule has 0 spiro atoms. The molecule has 0 aliphatic carbocycles. The van der Waals surface area contributed by atoms with Crippen molar-refractivity contribution in [3.05, 3.63) is 54.5 Å². The first-order chi connectivity index (χ1) is 26.6. The second-order valence-electron chi connectivity index (χ2n) is 14.2. The number of esters is 3. The molecule has 2 unspecified atom stereocenters. The first kappa shape index (κ1) is 42.2. The molecule has 3 aromatic rings. The van der Waals surface area contributed by atoms with E-state index in [0.717, 1.165) is 0 Å². The lowest BCUT2D eigenvalue weighted by atomic mass is 9.95. The molecule has 0 bridgehead atoms. The first-order valence-electron chi connectivity index (χ1n) is 18.2. The summed E-state index contributed by atoms with van der Waals surface area (Å²) in [5.41, 5.74) is -1.53. The van der Waals surface area contributed by atoms with Gasteiger partial charge >= 0.3 is 25.7 Å². The van der Waals surface area contributed by atoms with E-state index in [1.807, 2.05) is 0 Å². The summed E-state index contributed by atoms with van der Waals surface area (Å²) in [6, 6.07) is 12.2. The van der Waals surface area contributed by atoms with Crippen molar-refractivity contribution in [2.24, 2.45) is 16.8 Å². The summed E-state index contributed by atoms with van der Waals surface area (Å²) in [5.74, 6) is -3.02. The molecule has 2 aromatic heterocycles. The average molecular weight is 798 g/mol. The number of benzene rings is 1. The normalized spacial score (nSPS) is 23.1. The molecule has 1 N–H and O–H groups in total. The van der Waals surface area contributed by atoms with Gasteiger partial charge in [-0.05, 0) is 31.2 Å². The maximum absolute atomic E-state index is 14.6. The van der Waals surface area contributed by atoms with Crippen LogP contribution in [-0.4, -0.2) is 108 Å². The summed E-state index contributed by atoms with van der Waals surface area (Å²) >= 11 is 0. The van der Waals surface area contributed by atoms with Gasteiger partial charge in [0, 0.05) is 26.9 Å². The van der Waals surface area contributed by atoms with Crippen molar-refractivity contribution in [3.8, 4) is 11.8 Å². The Labute approximate surface area is 325 Å². The molecule has 2 aliphatic heterocycles. The van der Waals surface area contributed by atoms with E-state index in [4.69, 9.17) is 32.7 Å². The minimum absolute atomic E-state index is 0.114. The number of para-hydroxylation sites is 1. The zero-order valence-corrected chi connectivity index (χ0v) is 33.3. The van der Waals surface area contributed by atoms with Gasteiger partial charge in [0.05, 0.1) is 37.1 Å². The zero-order valence-electron chi connectivity index (χ0n) is 32.4. The van der Waals surface area contributed by atoms with Gasteiger partial charge in [0.2, 0.25) is 5.60 Å². The number of hydrogen-bond donors (Lipinski definition) is 1. The number of carbonyl (C=O) groups excluding carboxylic acids is 3. The number of rotatable bonds is 16. The van der Waals surface area contributed by atoms with Crippen LogP contribution in [0.4, 0.5) is 5.82 Å². The number of nitrogens with zero attached hydrogens (tertiary/aromatic N) is 6. The summed E-state index contributed by atoms with van der Waals surface area (Å²) in [6.07, 6.45) is -0.922. The molecule has 2 fully saturated rings. The highest BCUT2D eigenvalue weighted by Gasteiger charge is 2.62. The van der Waals surface area contributed by atoms with Crippen molar-refractivity contribution >= 4 is 43.3 Å². The Bertz CT molecular complexity index is 1960. The van der Waals surface area contributed by atoms with Crippen LogP contribution in [0.3, 0.4) is 0 Å². The number of ether oxygens (including phenoxy) is 5. The average Bonchev–Trinajstić information content (AvgIpc) is 3.73. The smallest absolute Gasteiger partial charge is 0.459 e. The van der Waals surface area contributed by atoms with Gasteiger partial charge in [-0.1, -0.05) is 45.9 Å². The van der Waals surface area contributed by atoms with Gasteiger partial charge in [-0.2, -0.15) is 15.4 Å². The highest BCUT2D eigenvalue weighted by atomic mass is 31.2. The minimum atomic E-state index is -4.60. The first-order valence-corrected chi connectivity index (χ1v) is 19.8. The van der Waals surface area contributed by atoms with Crippen LogP contribution in [0, 0.1) is 23.2 Å². The minimum Gasteiger partial charge on any atom is -0.461 e. The third kappa shape index (κ3) is 10.1. The van der Waals surface area contributed by atoms with E-state index in [1.165, 1.54) is 29.9 Å². The molecule has 56 heavy (non-hydrogen) atoms. The lowest BCUT2D eigenvalue weighted by Gasteiger charge is -2.31. The van der Waals surface area contributed by atoms with Gasteiger partial charge < -0.3 is 33.1 Å². The van der Waals surface area contributed by atoms with Crippen molar-refractivity contribution in [1.82, 2.24) is 24.6 Å². The van der Waals surface area contributed by atoms with E-state index in [2.05, 4.69) is 26.2 Å². The molecule has 302 valence electrons. The Morgan fingerprint density at radius 3 is 2.36 bits per heavy atom. The third-order valence-corrected chi connectivity index (χ3v) is 10.4. The fraction of sp³-hybridized carbons (Fsp3) is 0.541. The van der Waals surface area contributed by atoms with Crippen LogP contribution >= 0.6 is 7.75 Å². The Hall–Kier alpha value is -4.92. The molecule has 5 rings (SSSR count). The predicted octanol–water partition coefficient (Wildman–Crippen LogP) is 4.32. The molecular formula is C37H48N7O11P. The second-order valence-corrected chi connectivity index (χ2v) is 15.9. The van der Waals surface area contributed by atoms with Gasteiger partial charge in [-0.3, -0.25) is 18.9 Å². The van der Waals surface area contributed by atoms with Crippen LogP contribution in [-0.2, 0) is 47.2 Å². The third-order valence-electron chi connectivity index (χ3n) is 8.76.